The second kappa shape index (κ2) is 19.9. The molecule has 1 unspecified atom stereocenters. The number of benzene rings is 3. The lowest BCUT2D eigenvalue weighted by molar-refractivity contribution is -0.264. The molecule has 5 aliphatic rings. The molecule has 5 fully saturated rings. The van der Waals surface area contributed by atoms with E-state index in [2.05, 4.69) is 83.1 Å². The molecule has 5 heteroatoms. The minimum Gasteiger partial charge on any atom is -0.388 e. The maximum absolute atomic E-state index is 12.3. The van der Waals surface area contributed by atoms with Gasteiger partial charge in [-0.05, 0) is 139 Å². The maximum Gasteiger partial charge on any atom is 0.115 e. The third-order valence-corrected chi connectivity index (χ3v) is 17.3. The van der Waals surface area contributed by atoms with Gasteiger partial charge in [0.15, 0.2) is 0 Å². The standard InChI is InChI=1S/C55H78O5/c1-38(2)16-15-17-39(3)46-26-27-47-45-25-24-44-32-43(28-30-54(44,4)48(45)29-31-55(46,47)5)33-49-51(56)53(59-36-42-22-13-8-14-23-42)52(58-35-41-20-11-7-12-21-41)50(60-49)37-57-34-40-18-9-6-10-19-40/h6-14,18-23,38-39,43-53,56H,15-17,24-37H2,1-5H3/t39-,43+,44?,45+,46-,47+,48+,49+,50-,51+,52-,53-,54+,55-/m1/s1. The van der Waals surface area contributed by atoms with Crippen LogP contribution in [0, 0.1) is 58.2 Å². The fraction of sp³-hybridized carbons (Fsp3) is 0.673. The molecule has 5 nitrogen and oxygen atoms in total. The molecule has 8 rings (SSSR count). The fourth-order valence-corrected chi connectivity index (χ4v) is 14.0. The molecule has 1 aliphatic heterocycles. The Kier molecular flexibility index (Phi) is 14.6. The Morgan fingerprint density at radius 3 is 1.90 bits per heavy atom. The van der Waals surface area contributed by atoms with E-state index in [0.717, 1.165) is 64.5 Å². The van der Waals surface area contributed by atoms with Gasteiger partial charge in [0, 0.05) is 0 Å². The Hall–Kier alpha value is -2.54. The van der Waals surface area contributed by atoms with E-state index in [9.17, 15) is 5.11 Å². The minimum atomic E-state index is -0.803. The summed E-state index contributed by atoms with van der Waals surface area (Å²) in [5.41, 5.74) is 4.27. The Labute approximate surface area is 363 Å². The molecule has 1 N–H and O–H groups in total. The summed E-state index contributed by atoms with van der Waals surface area (Å²) in [6.45, 7) is 14.5. The van der Waals surface area contributed by atoms with Crippen LogP contribution in [-0.2, 0) is 38.8 Å². The molecule has 328 valence electrons. The van der Waals surface area contributed by atoms with Crippen LogP contribution in [0.5, 0.6) is 0 Å². The van der Waals surface area contributed by atoms with Crippen molar-refractivity contribution in [3.8, 4) is 0 Å². The summed E-state index contributed by atoms with van der Waals surface area (Å²) in [5, 5.41) is 12.3. The van der Waals surface area contributed by atoms with Crippen molar-refractivity contribution in [1.29, 1.82) is 0 Å². The summed E-state index contributed by atoms with van der Waals surface area (Å²) in [6.07, 6.45) is 14.9. The van der Waals surface area contributed by atoms with Crippen molar-refractivity contribution in [2.24, 2.45) is 58.2 Å². The van der Waals surface area contributed by atoms with Crippen molar-refractivity contribution in [3.63, 3.8) is 0 Å². The van der Waals surface area contributed by atoms with Crippen LogP contribution in [0.25, 0.3) is 0 Å². The zero-order chi connectivity index (χ0) is 41.7. The van der Waals surface area contributed by atoms with Gasteiger partial charge < -0.3 is 24.1 Å². The Morgan fingerprint density at radius 2 is 1.25 bits per heavy atom. The van der Waals surface area contributed by atoms with Crippen molar-refractivity contribution in [3.05, 3.63) is 108 Å². The van der Waals surface area contributed by atoms with Crippen molar-refractivity contribution in [1.82, 2.24) is 0 Å². The number of hydrogen-bond acceptors (Lipinski definition) is 5. The van der Waals surface area contributed by atoms with Gasteiger partial charge in [0.05, 0.1) is 32.5 Å². The molecular formula is C55H78O5. The summed E-state index contributed by atoms with van der Waals surface area (Å²) < 4.78 is 26.9. The maximum atomic E-state index is 12.3. The number of rotatable bonds is 17. The van der Waals surface area contributed by atoms with Gasteiger partial charge in [0.1, 0.15) is 24.4 Å². The molecule has 3 aromatic rings. The van der Waals surface area contributed by atoms with Crippen LogP contribution in [0.3, 0.4) is 0 Å². The molecule has 0 bridgehead atoms. The van der Waals surface area contributed by atoms with Crippen molar-refractivity contribution < 1.29 is 24.1 Å². The van der Waals surface area contributed by atoms with E-state index in [-0.39, 0.29) is 12.2 Å². The monoisotopic (exact) mass is 819 g/mol. The smallest absolute Gasteiger partial charge is 0.115 e. The molecule has 4 aliphatic carbocycles. The molecule has 14 atom stereocenters. The van der Waals surface area contributed by atoms with E-state index in [1.165, 1.54) is 77.0 Å². The molecule has 1 heterocycles. The minimum absolute atomic E-state index is 0.341. The first-order valence-electron chi connectivity index (χ1n) is 24.4. The van der Waals surface area contributed by atoms with Crippen LogP contribution in [-0.4, -0.2) is 42.2 Å². The predicted octanol–water partition coefficient (Wildman–Crippen LogP) is 12.6. The summed E-state index contributed by atoms with van der Waals surface area (Å²) in [5.74, 6) is 6.57. The largest absolute Gasteiger partial charge is 0.388 e. The van der Waals surface area contributed by atoms with E-state index >= 15 is 0 Å². The van der Waals surface area contributed by atoms with Crippen LogP contribution >= 0.6 is 0 Å². The van der Waals surface area contributed by atoms with E-state index in [1.54, 1.807) is 0 Å². The number of ether oxygens (including phenoxy) is 4. The highest BCUT2D eigenvalue weighted by molar-refractivity contribution is 5.16. The molecule has 1 saturated heterocycles. The summed E-state index contributed by atoms with van der Waals surface area (Å²) in [4.78, 5) is 0. The summed E-state index contributed by atoms with van der Waals surface area (Å²) in [7, 11) is 0. The average Bonchev–Trinajstić information content (AvgIpc) is 3.62. The summed E-state index contributed by atoms with van der Waals surface area (Å²) in [6, 6.07) is 30.9. The molecular weight excluding hydrogens is 741 g/mol. The Morgan fingerprint density at radius 1 is 0.650 bits per heavy atom. The molecule has 0 amide bonds. The molecule has 0 radical (unpaired) electrons. The lowest BCUT2D eigenvalue weighted by Crippen LogP contribution is -2.61. The Bertz CT molecular complexity index is 1730. The zero-order valence-corrected chi connectivity index (χ0v) is 37.8. The highest BCUT2D eigenvalue weighted by Crippen LogP contribution is 2.69. The number of aliphatic hydroxyl groups is 1. The fourth-order valence-electron chi connectivity index (χ4n) is 14.0. The lowest BCUT2D eigenvalue weighted by Gasteiger charge is -2.61. The van der Waals surface area contributed by atoms with E-state index in [4.69, 9.17) is 18.9 Å². The van der Waals surface area contributed by atoms with Gasteiger partial charge in [-0.1, -0.05) is 145 Å². The SMILES string of the molecule is CC(C)CCC[C@@H](C)[C@H]1CC[C@H]2[C@@H]3CCC4C[C@@H](C[C@@H]5O[C@H](COCc6ccccc6)[C@@H](OCc6ccccc6)[C@H](OCc6ccccc6)[C@H]5O)CC[C@]4(C)[C@H]3CC[C@]12C. The van der Waals surface area contributed by atoms with Gasteiger partial charge in [0.25, 0.3) is 0 Å². The first-order valence-corrected chi connectivity index (χ1v) is 24.4. The highest BCUT2D eigenvalue weighted by atomic mass is 16.6. The van der Waals surface area contributed by atoms with Gasteiger partial charge in [-0.15, -0.1) is 0 Å². The number of hydrogen-bond donors (Lipinski definition) is 1. The number of fused-ring (bicyclic) bond motifs is 5. The van der Waals surface area contributed by atoms with Crippen molar-refractivity contribution in [2.75, 3.05) is 6.61 Å². The van der Waals surface area contributed by atoms with Crippen LogP contribution in [0.4, 0.5) is 0 Å². The topological polar surface area (TPSA) is 57.2 Å². The molecule has 60 heavy (non-hydrogen) atoms. The quantitative estimate of drug-likeness (QED) is 0.147. The van der Waals surface area contributed by atoms with E-state index in [0.29, 0.717) is 43.2 Å². The molecule has 0 aromatic heterocycles. The number of aliphatic hydroxyl groups excluding tert-OH is 1. The zero-order valence-electron chi connectivity index (χ0n) is 37.8. The van der Waals surface area contributed by atoms with Gasteiger partial charge >= 0.3 is 0 Å². The van der Waals surface area contributed by atoms with Crippen LogP contribution in [0.2, 0.25) is 0 Å². The first-order chi connectivity index (χ1) is 29.1. The average molecular weight is 819 g/mol. The van der Waals surface area contributed by atoms with Gasteiger partial charge in [-0.25, -0.2) is 0 Å². The summed E-state index contributed by atoms with van der Waals surface area (Å²) >= 11 is 0. The predicted molar refractivity (Wildman–Crippen MR) is 242 cm³/mol. The highest BCUT2D eigenvalue weighted by Gasteiger charge is 2.61. The van der Waals surface area contributed by atoms with Gasteiger partial charge in [-0.3, -0.25) is 0 Å². The van der Waals surface area contributed by atoms with Crippen molar-refractivity contribution >= 4 is 0 Å². The third-order valence-electron chi connectivity index (χ3n) is 17.3. The molecule has 3 aromatic carbocycles. The normalized spacial score (nSPS) is 37.0. The Balaban J connectivity index is 0.950. The first kappa shape index (κ1) is 44.1. The van der Waals surface area contributed by atoms with Crippen molar-refractivity contribution in [2.45, 2.75) is 168 Å². The third kappa shape index (κ3) is 9.81. The second-order valence-electron chi connectivity index (χ2n) is 21.3. The lowest BCUT2D eigenvalue weighted by atomic mass is 9.44. The van der Waals surface area contributed by atoms with E-state index in [1.807, 2.05) is 42.5 Å². The van der Waals surface area contributed by atoms with Gasteiger partial charge in [0.2, 0.25) is 0 Å². The molecule has 4 saturated carbocycles. The van der Waals surface area contributed by atoms with Gasteiger partial charge in [-0.2, -0.15) is 0 Å². The van der Waals surface area contributed by atoms with E-state index < -0.39 is 18.3 Å². The second-order valence-corrected chi connectivity index (χ2v) is 21.3. The van der Waals surface area contributed by atoms with Crippen LogP contribution in [0.15, 0.2) is 91.0 Å². The van der Waals surface area contributed by atoms with Crippen LogP contribution < -0.4 is 0 Å². The molecule has 0 spiro atoms. The van der Waals surface area contributed by atoms with Crippen LogP contribution in [0.1, 0.15) is 135 Å².